The molecule has 0 spiro atoms. The molecule has 8 heteroatoms. The average Bonchev–Trinajstić information content (AvgIpc) is 3.45. The number of furan rings is 1. The van der Waals surface area contributed by atoms with Crippen molar-refractivity contribution in [1.82, 2.24) is 20.4 Å². The number of aryl methyl sites for hydroxylation is 1. The van der Waals surface area contributed by atoms with Gasteiger partial charge in [0.1, 0.15) is 5.76 Å². The van der Waals surface area contributed by atoms with E-state index in [0.29, 0.717) is 24.7 Å². The molecule has 156 valence electrons. The van der Waals surface area contributed by atoms with Crippen molar-refractivity contribution in [2.45, 2.75) is 32.4 Å². The summed E-state index contributed by atoms with van der Waals surface area (Å²) in [7, 11) is 0. The predicted octanol–water partition coefficient (Wildman–Crippen LogP) is 3.85. The summed E-state index contributed by atoms with van der Waals surface area (Å²) in [5, 5.41) is 7.65. The molecule has 1 aliphatic heterocycles. The first-order chi connectivity index (χ1) is 14.7. The lowest BCUT2D eigenvalue weighted by molar-refractivity contribution is -0.121. The molecule has 0 saturated carbocycles. The monoisotopic (exact) mass is 426 g/mol. The number of carbonyl (C=O) groups excluding carboxylic acids is 1. The molecule has 1 aliphatic rings. The van der Waals surface area contributed by atoms with Crippen LogP contribution in [0.2, 0.25) is 5.02 Å². The summed E-state index contributed by atoms with van der Waals surface area (Å²) < 4.78 is 10.5. The van der Waals surface area contributed by atoms with Crippen molar-refractivity contribution in [2.75, 3.05) is 13.1 Å². The predicted molar refractivity (Wildman–Crippen MR) is 112 cm³/mol. The second-order valence-electron chi connectivity index (χ2n) is 7.21. The number of nitrogens with zero attached hydrogens (tertiary/aromatic N) is 3. The number of amides is 1. The molecule has 0 aliphatic carbocycles. The first kappa shape index (κ1) is 20.4. The van der Waals surface area contributed by atoms with E-state index in [1.54, 1.807) is 12.3 Å². The minimum absolute atomic E-state index is 0.0825. The van der Waals surface area contributed by atoms with Gasteiger partial charge in [-0.1, -0.05) is 35.0 Å². The molecule has 2 aromatic heterocycles. The maximum absolute atomic E-state index is 12.0. The third-order valence-electron chi connectivity index (χ3n) is 4.97. The number of nitrogens with one attached hydrogen (secondary N) is 1. The summed E-state index contributed by atoms with van der Waals surface area (Å²) in [6.07, 6.45) is 5.28. The largest absolute Gasteiger partial charge is 0.467 e. The van der Waals surface area contributed by atoms with Gasteiger partial charge >= 0.3 is 0 Å². The van der Waals surface area contributed by atoms with Crippen LogP contribution in [-0.4, -0.2) is 34.0 Å². The van der Waals surface area contributed by atoms with Crippen molar-refractivity contribution in [1.29, 1.82) is 0 Å². The van der Waals surface area contributed by atoms with Crippen LogP contribution in [0.25, 0.3) is 5.57 Å². The maximum atomic E-state index is 12.0. The number of carbonyl (C=O) groups is 1. The summed E-state index contributed by atoms with van der Waals surface area (Å²) in [6, 6.07) is 11.5. The lowest BCUT2D eigenvalue weighted by atomic mass is 10.1. The summed E-state index contributed by atoms with van der Waals surface area (Å²) in [4.78, 5) is 18.8. The molecular weight excluding hydrogens is 404 g/mol. The first-order valence-corrected chi connectivity index (χ1v) is 10.3. The zero-order valence-corrected chi connectivity index (χ0v) is 17.3. The van der Waals surface area contributed by atoms with Gasteiger partial charge in [-0.15, -0.1) is 0 Å². The van der Waals surface area contributed by atoms with Crippen molar-refractivity contribution in [3.63, 3.8) is 0 Å². The zero-order chi connectivity index (χ0) is 20.8. The first-order valence-electron chi connectivity index (χ1n) is 9.93. The van der Waals surface area contributed by atoms with Crippen LogP contribution in [0.3, 0.4) is 0 Å². The van der Waals surface area contributed by atoms with E-state index < -0.39 is 0 Å². The van der Waals surface area contributed by atoms with Gasteiger partial charge in [-0.05, 0) is 41.8 Å². The van der Waals surface area contributed by atoms with Gasteiger partial charge in [0.25, 0.3) is 0 Å². The number of halogens is 1. The number of benzene rings is 1. The molecule has 0 atom stereocenters. The van der Waals surface area contributed by atoms with Gasteiger partial charge in [-0.2, -0.15) is 4.98 Å². The molecule has 3 heterocycles. The number of rotatable bonds is 8. The Kier molecular flexibility index (Phi) is 6.61. The Morgan fingerprint density at radius 3 is 2.83 bits per heavy atom. The Hall–Kier alpha value is -2.90. The van der Waals surface area contributed by atoms with E-state index >= 15 is 0 Å². The Balaban J connectivity index is 1.24. The van der Waals surface area contributed by atoms with Gasteiger partial charge in [-0.25, -0.2) is 0 Å². The maximum Gasteiger partial charge on any atom is 0.227 e. The van der Waals surface area contributed by atoms with E-state index in [4.69, 9.17) is 20.5 Å². The van der Waals surface area contributed by atoms with Crippen molar-refractivity contribution in [3.05, 3.63) is 76.8 Å². The third-order valence-corrected chi connectivity index (χ3v) is 5.23. The van der Waals surface area contributed by atoms with E-state index in [-0.39, 0.29) is 12.3 Å². The quantitative estimate of drug-likeness (QED) is 0.588. The molecule has 0 fully saturated rings. The minimum atomic E-state index is -0.0825. The molecule has 0 saturated heterocycles. The highest BCUT2D eigenvalue weighted by molar-refractivity contribution is 6.30. The van der Waals surface area contributed by atoms with E-state index in [1.807, 2.05) is 18.2 Å². The summed E-state index contributed by atoms with van der Waals surface area (Å²) in [5.74, 6) is 1.73. The topological polar surface area (TPSA) is 84.4 Å². The Bertz CT molecular complexity index is 996. The van der Waals surface area contributed by atoms with Crippen molar-refractivity contribution in [3.8, 4) is 0 Å². The number of hydrogen-bond acceptors (Lipinski definition) is 6. The molecule has 0 radical (unpaired) electrons. The van der Waals surface area contributed by atoms with Crippen molar-refractivity contribution >= 4 is 23.1 Å². The fourth-order valence-electron chi connectivity index (χ4n) is 3.30. The summed E-state index contributed by atoms with van der Waals surface area (Å²) in [6.45, 7) is 3.01. The molecule has 1 amide bonds. The van der Waals surface area contributed by atoms with Crippen LogP contribution in [0.15, 0.2) is 57.7 Å². The molecule has 1 N–H and O–H groups in total. The molecular formula is C22H23ClN4O3. The Morgan fingerprint density at radius 1 is 1.23 bits per heavy atom. The fourth-order valence-corrected chi connectivity index (χ4v) is 3.43. The van der Waals surface area contributed by atoms with Crippen LogP contribution in [0.4, 0.5) is 0 Å². The molecule has 0 unspecified atom stereocenters. The van der Waals surface area contributed by atoms with Crippen LogP contribution in [-0.2, 0) is 24.3 Å². The second-order valence-corrected chi connectivity index (χ2v) is 7.65. The van der Waals surface area contributed by atoms with Crippen molar-refractivity contribution < 1.29 is 13.7 Å². The van der Waals surface area contributed by atoms with Gasteiger partial charge in [0.05, 0.1) is 12.8 Å². The molecule has 4 rings (SSSR count). The van der Waals surface area contributed by atoms with E-state index in [2.05, 4.69) is 38.6 Å². The average molecular weight is 427 g/mol. The van der Waals surface area contributed by atoms with E-state index in [9.17, 15) is 4.79 Å². The zero-order valence-electron chi connectivity index (χ0n) is 16.5. The van der Waals surface area contributed by atoms with Gasteiger partial charge in [0, 0.05) is 37.5 Å². The van der Waals surface area contributed by atoms with E-state index in [0.717, 1.165) is 42.4 Å². The molecule has 3 aromatic rings. The Labute approximate surface area is 179 Å². The van der Waals surface area contributed by atoms with Gasteiger partial charge in [-0.3, -0.25) is 9.69 Å². The standard InChI is InChI=1S/C22H23ClN4O3/c23-18-5-3-16(4-6-18)15-27-11-9-17(10-12-27)22-25-21(30-26-22)8-7-20(28)24-14-19-2-1-13-29-19/h1-6,9,13H,7-8,10-12,14-15H2,(H,24,28). The lowest BCUT2D eigenvalue weighted by Crippen LogP contribution is -2.28. The normalized spacial score (nSPS) is 14.5. The van der Waals surface area contributed by atoms with Gasteiger partial charge in [0.2, 0.25) is 11.8 Å². The van der Waals surface area contributed by atoms with Gasteiger partial charge < -0.3 is 14.3 Å². The number of hydrogen-bond donors (Lipinski definition) is 1. The van der Waals surface area contributed by atoms with Crippen LogP contribution >= 0.6 is 11.6 Å². The summed E-state index contributed by atoms with van der Waals surface area (Å²) in [5.41, 5.74) is 2.32. The van der Waals surface area contributed by atoms with Crippen LogP contribution in [0.1, 0.15) is 35.9 Å². The van der Waals surface area contributed by atoms with E-state index in [1.165, 1.54) is 5.56 Å². The minimum Gasteiger partial charge on any atom is -0.467 e. The van der Waals surface area contributed by atoms with Gasteiger partial charge in [0.15, 0.2) is 5.82 Å². The third kappa shape index (κ3) is 5.58. The molecule has 7 nitrogen and oxygen atoms in total. The molecule has 30 heavy (non-hydrogen) atoms. The smallest absolute Gasteiger partial charge is 0.227 e. The lowest BCUT2D eigenvalue weighted by Gasteiger charge is -2.25. The molecule has 0 bridgehead atoms. The fraction of sp³-hybridized carbons (Fsp3) is 0.318. The summed E-state index contributed by atoms with van der Waals surface area (Å²) >= 11 is 5.95. The highest BCUT2D eigenvalue weighted by Crippen LogP contribution is 2.22. The highest BCUT2D eigenvalue weighted by atomic mass is 35.5. The van der Waals surface area contributed by atoms with Crippen LogP contribution in [0, 0.1) is 0 Å². The second kappa shape index (κ2) is 9.73. The molecule has 1 aromatic carbocycles. The van der Waals surface area contributed by atoms with Crippen LogP contribution in [0.5, 0.6) is 0 Å². The number of aromatic nitrogens is 2. The van der Waals surface area contributed by atoms with Crippen molar-refractivity contribution in [2.24, 2.45) is 0 Å². The SMILES string of the molecule is O=C(CCc1nc(C2=CCN(Cc3ccc(Cl)cc3)CC2)no1)NCc1ccco1. The highest BCUT2D eigenvalue weighted by Gasteiger charge is 2.18. The van der Waals surface area contributed by atoms with Crippen LogP contribution < -0.4 is 5.32 Å². The Morgan fingerprint density at radius 2 is 2.10 bits per heavy atom.